The number of hydrogen-bond donors (Lipinski definition) is 2. The zero-order chi connectivity index (χ0) is 21.1. The summed E-state index contributed by atoms with van der Waals surface area (Å²) in [7, 11) is 5.75. The first-order valence-corrected chi connectivity index (χ1v) is 8.51. The highest BCUT2D eigenvalue weighted by atomic mass is 16.5. The summed E-state index contributed by atoms with van der Waals surface area (Å²) in [6.07, 6.45) is -0.0904. The number of aromatic nitrogens is 2. The van der Waals surface area contributed by atoms with Crippen LogP contribution in [0.1, 0.15) is 22.7 Å². The molecule has 1 aliphatic heterocycles. The third-order valence-electron chi connectivity index (χ3n) is 4.61. The zero-order valence-electron chi connectivity index (χ0n) is 16.4. The third kappa shape index (κ3) is 3.27. The fraction of sp³-hybridized carbons (Fsp3) is 0.316. The summed E-state index contributed by atoms with van der Waals surface area (Å²) >= 11 is 0. The highest BCUT2D eigenvalue weighted by Gasteiger charge is 2.38. The molecule has 10 nitrogen and oxygen atoms in total. The van der Waals surface area contributed by atoms with Gasteiger partial charge in [0.2, 0.25) is 17.5 Å². The Balaban J connectivity index is 2.28. The van der Waals surface area contributed by atoms with Gasteiger partial charge >= 0.3 is 5.97 Å². The number of nitrogens with zero attached hydrogens (tertiary/aromatic N) is 2. The summed E-state index contributed by atoms with van der Waals surface area (Å²) in [5.74, 6) is 0.0651. The molecule has 1 atom stereocenters. The van der Waals surface area contributed by atoms with Crippen molar-refractivity contribution in [2.75, 3.05) is 28.4 Å². The largest absolute Gasteiger partial charge is 0.493 e. The number of nitrogens with one attached hydrogen (secondary N) is 1. The van der Waals surface area contributed by atoms with Crippen LogP contribution in [0.3, 0.4) is 0 Å². The Morgan fingerprint density at radius 3 is 2.55 bits per heavy atom. The highest BCUT2D eigenvalue weighted by molar-refractivity contribution is 5.74. The van der Waals surface area contributed by atoms with Gasteiger partial charge in [-0.2, -0.15) is 5.26 Å². The first-order valence-electron chi connectivity index (χ1n) is 8.51. The number of H-pyrrole nitrogens is 1. The summed E-state index contributed by atoms with van der Waals surface area (Å²) in [6, 6.07) is 5.52. The fourth-order valence-electron chi connectivity index (χ4n) is 3.32. The van der Waals surface area contributed by atoms with Crippen molar-refractivity contribution in [3.05, 3.63) is 40.4 Å². The Labute approximate surface area is 166 Å². The van der Waals surface area contributed by atoms with Crippen molar-refractivity contribution in [3.8, 4) is 29.2 Å². The van der Waals surface area contributed by atoms with Crippen LogP contribution < -0.4 is 24.7 Å². The number of ether oxygens (including phenoxy) is 5. The van der Waals surface area contributed by atoms with E-state index in [1.807, 2.05) is 0 Å². The molecule has 2 heterocycles. The van der Waals surface area contributed by atoms with Crippen LogP contribution >= 0.6 is 0 Å². The van der Waals surface area contributed by atoms with E-state index in [0.717, 1.165) is 0 Å². The lowest BCUT2D eigenvalue weighted by Gasteiger charge is -2.26. The number of esters is 1. The van der Waals surface area contributed by atoms with Crippen molar-refractivity contribution in [2.24, 2.45) is 5.73 Å². The number of nitrogens with two attached hydrogens (primary N) is 1. The van der Waals surface area contributed by atoms with Crippen LogP contribution in [0.15, 0.2) is 23.6 Å². The van der Waals surface area contributed by atoms with E-state index in [-0.39, 0.29) is 23.8 Å². The molecule has 10 heteroatoms. The van der Waals surface area contributed by atoms with Crippen molar-refractivity contribution < 1.29 is 28.5 Å². The van der Waals surface area contributed by atoms with E-state index >= 15 is 0 Å². The standard InChI is InChI=1S/C19H20N4O6/c1-25-12-6-5-9(16(27-3)17(12)28-4)14-10(8-20)18(21)29-19-15(14)11(22-23-19)7-13(24)26-2/h5-6,14H,7,21H2,1-4H3,(H,22,23)/t14-/m0/s1. The molecule has 1 aromatic heterocycles. The third-order valence-corrected chi connectivity index (χ3v) is 4.61. The van der Waals surface area contributed by atoms with Gasteiger partial charge in [0.25, 0.3) is 0 Å². The number of benzene rings is 1. The molecule has 0 amide bonds. The van der Waals surface area contributed by atoms with Gasteiger partial charge in [-0.1, -0.05) is 6.07 Å². The van der Waals surface area contributed by atoms with Gasteiger partial charge in [0, 0.05) is 5.56 Å². The number of carbonyl (C=O) groups is 1. The molecule has 3 rings (SSSR count). The van der Waals surface area contributed by atoms with E-state index in [1.165, 1.54) is 28.4 Å². The normalized spacial score (nSPS) is 15.1. The van der Waals surface area contributed by atoms with Gasteiger partial charge in [-0.25, -0.2) is 0 Å². The minimum atomic E-state index is -0.711. The number of allylic oxidation sites excluding steroid dienone is 1. The average molecular weight is 400 g/mol. The molecule has 0 saturated heterocycles. The zero-order valence-corrected chi connectivity index (χ0v) is 16.4. The number of aromatic amines is 1. The van der Waals surface area contributed by atoms with Crippen LogP contribution in [0.5, 0.6) is 23.1 Å². The van der Waals surface area contributed by atoms with Crippen molar-refractivity contribution in [2.45, 2.75) is 12.3 Å². The molecule has 0 bridgehead atoms. The van der Waals surface area contributed by atoms with Gasteiger partial charge < -0.3 is 29.4 Å². The van der Waals surface area contributed by atoms with Crippen LogP contribution in [0.2, 0.25) is 0 Å². The van der Waals surface area contributed by atoms with E-state index < -0.39 is 11.9 Å². The number of methoxy groups -OCH3 is 4. The number of nitriles is 1. The molecular weight excluding hydrogens is 380 g/mol. The molecule has 3 N–H and O–H groups in total. The van der Waals surface area contributed by atoms with Gasteiger partial charge in [0.1, 0.15) is 11.6 Å². The second kappa shape index (κ2) is 8.02. The SMILES string of the molecule is COC(=O)Cc1[nH]nc2c1[C@@H](c1ccc(OC)c(OC)c1OC)C(C#N)=C(N)O2. The molecule has 0 unspecified atom stereocenters. The summed E-state index contributed by atoms with van der Waals surface area (Å²) in [6.45, 7) is 0. The minimum Gasteiger partial charge on any atom is -0.493 e. The Morgan fingerprint density at radius 2 is 1.97 bits per heavy atom. The fourth-order valence-corrected chi connectivity index (χ4v) is 3.32. The van der Waals surface area contributed by atoms with Crippen molar-refractivity contribution in [1.29, 1.82) is 5.26 Å². The molecular formula is C19H20N4O6. The van der Waals surface area contributed by atoms with Crippen LogP contribution in [0, 0.1) is 11.3 Å². The predicted molar refractivity (Wildman–Crippen MR) is 99.7 cm³/mol. The number of carbonyl (C=O) groups excluding carboxylic acids is 1. The van der Waals surface area contributed by atoms with E-state index in [0.29, 0.717) is 34.1 Å². The predicted octanol–water partition coefficient (Wildman–Crippen LogP) is 1.37. The molecule has 1 aromatic carbocycles. The maximum Gasteiger partial charge on any atom is 0.311 e. The summed E-state index contributed by atoms with van der Waals surface area (Å²) in [5, 5.41) is 16.6. The quantitative estimate of drug-likeness (QED) is 0.687. The van der Waals surface area contributed by atoms with Gasteiger partial charge in [-0.05, 0) is 6.07 Å². The molecule has 1 aliphatic rings. The molecule has 0 radical (unpaired) electrons. The van der Waals surface area contributed by atoms with Gasteiger partial charge in [0.05, 0.1) is 52.0 Å². The molecule has 0 saturated carbocycles. The maximum absolute atomic E-state index is 11.9. The topological polar surface area (TPSA) is 142 Å². The van der Waals surface area contributed by atoms with Crippen molar-refractivity contribution in [1.82, 2.24) is 10.2 Å². The lowest BCUT2D eigenvalue weighted by atomic mass is 9.83. The number of rotatable bonds is 6. The lowest BCUT2D eigenvalue weighted by molar-refractivity contribution is -0.139. The Kier molecular flexibility index (Phi) is 5.50. The maximum atomic E-state index is 11.9. The number of hydrogen-bond acceptors (Lipinski definition) is 9. The van der Waals surface area contributed by atoms with Crippen LogP contribution in [0.4, 0.5) is 0 Å². The lowest BCUT2D eigenvalue weighted by Crippen LogP contribution is -2.22. The van der Waals surface area contributed by atoms with Crippen LogP contribution in [0.25, 0.3) is 0 Å². The summed E-state index contributed by atoms with van der Waals surface area (Å²) in [5.41, 5.74) is 7.63. The second-order valence-electron chi connectivity index (χ2n) is 6.02. The summed E-state index contributed by atoms with van der Waals surface area (Å²) < 4.78 is 26.6. The molecule has 29 heavy (non-hydrogen) atoms. The highest BCUT2D eigenvalue weighted by Crippen LogP contribution is 2.50. The van der Waals surface area contributed by atoms with Crippen molar-refractivity contribution >= 4 is 5.97 Å². The van der Waals surface area contributed by atoms with E-state index in [4.69, 9.17) is 29.4 Å². The van der Waals surface area contributed by atoms with E-state index in [2.05, 4.69) is 16.3 Å². The number of fused-ring (bicyclic) bond motifs is 1. The second-order valence-corrected chi connectivity index (χ2v) is 6.02. The molecule has 2 aromatic rings. The molecule has 152 valence electrons. The average Bonchev–Trinajstić information content (AvgIpc) is 3.12. The molecule has 0 fully saturated rings. The Hall–Kier alpha value is -3.87. The Bertz CT molecular complexity index is 1020. The van der Waals surface area contributed by atoms with Gasteiger partial charge in [0.15, 0.2) is 11.5 Å². The molecule has 0 aliphatic carbocycles. The molecule has 0 spiro atoms. The van der Waals surface area contributed by atoms with Crippen molar-refractivity contribution in [3.63, 3.8) is 0 Å². The van der Waals surface area contributed by atoms with Crippen LogP contribution in [-0.4, -0.2) is 44.6 Å². The van der Waals surface area contributed by atoms with E-state index in [9.17, 15) is 10.1 Å². The Morgan fingerprint density at radius 1 is 1.24 bits per heavy atom. The first-order chi connectivity index (χ1) is 14.0. The van der Waals surface area contributed by atoms with Gasteiger partial charge in [-0.15, -0.1) is 5.10 Å². The monoisotopic (exact) mass is 400 g/mol. The minimum absolute atomic E-state index is 0.0852. The van der Waals surface area contributed by atoms with Crippen LogP contribution in [-0.2, 0) is 16.0 Å². The first kappa shape index (κ1) is 19.9. The van der Waals surface area contributed by atoms with Gasteiger partial charge in [-0.3, -0.25) is 9.89 Å². The summed E-state index contributed by atoms with van der Waals surface area (Å²) in [4.78, 5) is 11.9. The van der Waals surface area contributed by atoms with E-state index in [1.54, 1.807) is 12.1 Å². The smallest absolute Gasteiger partial charge is 0.311 e.